The minimum atomic E-state index is -0.701. The van der Waals surface area contributed by atoms with Gasteiger partial charge in [0.15, 0.2) is 0 Å². The van der Waals surface area contributed by atoms with Gasteiger partial charge in [-0.1, -0.05) is 49.0 Å². The molecule has 4 N–H and O–H groups in total. The standard InChI is InChI=1S/C16H23Cl2N3O2.ClH/c1-3-4-6-11(9-19)21-15(22)10(2)20-16(23)12-7-5-8-13(17)14(12)18;/h5,7-8,10-11H,3-4,6,9,19H2,1-2H3,(H,20,23)(H,21,22);1H. The van der Waals surface area contributed by atoms with Crippen molar-refractivity contribution in [2.45, 2.75) is 45.2 Å². The number of nitrogens with two attached hydrogens (primary N) is 1. The molecular weight excluding hydrogens is 373 g/mol. The second-order valence-electron chi connectivity index (χ2n) is 5.38. The van der Waals surface area contributed by atoms with Crippen LogP contribution in [0.25, 0.3) is 0 Å². The molecule has 0 aliphatic rings. The summed E-state index contributed by atoms with van der Waals surface area (Å²) in [6, 6.07) is 3.99. The van der Waals surface area contributed by atoms with Crippen molar-refractivity contribution in [3.8, 4) is 0 Å². The van der Waals surface area contributed by atoms with E-state index in [1.54, 1.807) is 25.1 Å². The molecule has 0 radical (unpaired) electrons. The Morgan fingerprint density at radius 1 is 1.25 bits per heavy atom. The lowest BCUT2D eigenvalue weighted by molar-refractivity contribution is -0.123. The van der Waals surface area contributed by atoms with E-state index in [-0.39, 0.29) is 34.9 Å². The summed E-state index contributed by atoms with van der Waals surface area (Å²) in [5, 5.41) is 5.92. The van der Waals surface area contributed by atoms with Crippen molar-refractivity contribution in [3.05, 3.63) is 33.8 Å². The molecule has 0 heterocycles. The second kappa shape index (κ2) is 11.5. The van der Waals surface area contributed by atoms with Gasteiger partial charge < -0.3 is 16.4 Å². The molecule has 1 rings (SSSR count). The molecule has 0 fully saturated rings. The van der Waals surface area contributed by atoms with Crippen LogP contribution >= 0.6 is 35.6 Å². The van der Waals surface area contributed by atoms with Gasteiger partial charge in [-0.05, 0) is 25.5 Å². The van der Waals surface area contributed by atoms with E-state index in [0.29, 0.717) is 11.6 Å². The van der Waals surface area contributed by atoms with E-state index in [1.807, 2.05) is 0 Å². The van der Waals surface area contributed by atoms with Crippen LogP contribution in [0.3, 0.4) is 0 Å². The first-order valence-electron chi connectivity index (χ1n) is 7.66. The molecule has 0 saturated carbocycles. The Morgan fingerprint density at radius 3 is 2.50 bits per heavy atom. The Kier molecular flexibility index (Phi) is 11.0. The average Bonchev–Trinajstić information content (AvgIpc) is 2.53. The van der Waals surface area contributed by atoms with Gasteiger partial charge in [-0.3, -0.25) is 9.59 Å². The van der Waals surface area contributed by atoms with Crippen LogP contribution in [0.2, 0.25) is 10.0 Å². The summed E-state index contributed by atoms with van der Waals surface area (Å²) in [4.78, 5) is 24.4. The van der Waals surface area contributed by atoms with Gasteiger partial charge in [0.2, 0.25) is 5.91 Å². The number of halogens is 3. The van der Waals surface area contributed by atoms with Crippen molar-refractivity contribution >= 4 is 47.4 Å². The first kappa shape index (κ1) is 23.0. The molecule has 0 aliphatic heterocycles. The number of hydrogen-bond donors (Lipinski definition) is 3. The van der Waals surface area contributed by atoms with Crippen LogP contribution in [0.15, 0.2) is 18.2 Å². The molecule has 0 aliphatic carbocycles. The zero-order valence-corrected chi connectivity index (χ0v) is 16.1. The molecule has 0 spiro atoms. The number of benzene rings is 1. The van der Waals surface area contributed by atoms with E-state index in [1.165, 1.54) is 0 Å². The van der Waals surface area contributed by atoms with E-state index in [2.05, 4.69) is 17.6 Å². The fraction of sp³-hybridized carbons (Fsp3) is 0.500. The molecule has 136 valence electrons. The fourth-order valence-electron chi connectivity index (χ4n) is 2.04. The predicted octanol–water partition coefficient (Wildman–Crippen LogP) is 3.17. The second-order valence-corrected chi connectivity index (χ2v) is 6.17. The Hall–Kier alpha value is -1.01. The van der Waals surface area contributed by atoms with Gasteiger partial charge in [0.05, 0.1) is 15.6 Å². The SMILES string of the molecule is CCCCC(CN)NC(=O)C(C)NC(=O)c1cccc(Cl)c1Cl.Cl. The van der Waals surface area contributed by atoms with Gasteiger partial charge in [-0.2, -0.15) is 0 Å². The van der Waals surface area contributed by atoms with E-state index in [0.717, 1.165) is 19.3 Å². The molecule has 8 heteroatoms. The van der Waals surface area contributed by atoms with Crippen LogP contribution in [0.5, 0.6) is 0 Å². The fourth-order valence-corrected chi connectivity index (χ4v) is 2.43. The predicted molar refractivity (Wildman–Crippen MR) is 101 cm³/mol. The van der Waals surface area contributed by atoms with Gasteiger partial charge >= 0.3 is 0 Å². The molecule has 1 aromatic carbocycles. The Bertz CT molecular complexity index is 555. The van der Waals surface area contributed by atoms with Crippen LogP contribution in [0, 0.1) is 0 Å². The molecule has 0 saturated heterocycles. The van der Waals surface area contributed by atoms with Crippen LogP contribution < -0.4 is 16.4 Å². The lowest BCUT2D eigenvalue weighted by atomic mass is 10.1. The minimum Gasteiger partial charge on any atom is -0.350 e. The monoisotopic (exact) mass is 395 g/mol. The molecule has 2 amide bonds. The van der Waals surface area contributed by atoms with Gasteiger partial charge in [-0.25, -0.2) is 0 Å². The molecule has 2 unspecified atom stereocenters. The maximum absolute atomic E-state index is 12.2. The third-order valence-corrected chi connectivity index (χ3v) is 4.29. The van der Waals surface area contributed by atoms with Crippen molar-refractivity contribution in [1.29, 1.82) is 0 Å². The summed E-state index contributed by atoms with van der Waals surface area (Å²) < 4.78 is 0. The number of rotatable bonds is 8. The summed E-state index contributed by atoms with van der Waals surface area (Å²) in [6.07, 6.45) is 2.84. The van der Waals surface area contributed by atoms with Crippen LogP contribution in [-0.4, -0.2) is 30.4 Å². The van der Waals surface area contributed by atoms with Crippen LogP contribution in [0.1, 0.15) is 43.5 Å². The highest BCUT2D eigenvalue weighted by atomic mass is 35.5. The van der Waals surface area contributed by atoms with Crippen molar-refractivity contribution in [1.82, 2.24) is 10.6 Å². The summed E-state index contributed by atoms with van der Waals surface area (Å²) in [5.41, 5.74) is 5.89. The zero-order chi connectivity index (χ0) is 17.4. The molecule has 0 aromatic heterocycles. The van der Waals surface area contributed by atoms with Gasteiger partial charge in [0.1, 0.15) is 6.04 Å². The number of amides is 2. The zero-order valence-electron chi connectivity index (χ0n) is 13.8. The normalized spacial score (nSPS) is 12.7. The largest absolute Gasteiger partial charge is 0.350 e. The van der Waals surface area contributed by atoms with E-state index >= 15 is 0 Å². The molecule has 2 atom stereocenters. The maximum atomic E-state index is 12.2. The lowest BCUT2D eigenvalue weighted by Gasteiger charge is -2.20. The number of carbonyl (C=O) groups excluding carboxylic acids is 2. The maximum Gasteiger partial charge on any atom is 0.253 e. The van der Waals surface area contributed by atoms with E-state index < -0.39 is 11.9 Å². The van der Waals surface area contributed by atoms with E-state index in [4.69, 9.17) is 28.9 Å². The summed E-state index contributed by atoms with van der Waals surface area (Å²) in [7, 11) is 0. The van der Waals surface area contributed by atoms with Gasteiger partial charge in [0, 0.05) is 12.6 Å². The molecular formula is C16H24Cl3N3O2. The van der Waals surface area contributed by atoms with Crippen molar-refractivity contribution in [2.75, 3.05) is 6.54 Å². The highest BCUT2D eigenvalue weighted by Crippen LogP contribution is 2.25. The quantitative estimate of drug-likeness (QED) is 0.631. The minimum absolute atomic E-state index is 0. The smallest absolute Gasteiger partial charge is 0.253 e. The van der Waals surface area contributed by atoms with Crippen molar-refractivity contribution < 1.29 is 9.59 Å². The summed E-state index contributed by atoms with van der Waals surface area (Å²) in [5.74, 6) is -0.721. The first-order chi connectivity index (χ1) is 10.9. The Morgan fingerprint density at radius 2 is 1.92 bits per heavy atom. The third kappa shape index (κ3) is 6.85. The first-order valence-corrected chi connectivity index (χ1v) is 8.41. The number of unbranched alkanes of at least 4 members (excludes halogenated alkanes) is 1. The highest BCUT2D eigenvalue weighted by molar-refractivity contribution is 6.43. The number of nitrogens with one attached hydrogen (secondary N) is 2. The molecule has 5 nitrogen and oxygen atoms in total. The summed E-state index contributed by atoms with van der Waals surface area (Å²) >= 11 is 11.9. The Labute approximate surface area is 159 Å². The lowest BCUT2D eigenvalue weighted by Crippen LogP contribution is -2.50. The topological polar surface area (TPSA) is 84.2 Å². The number of carbonyl (C=O) groups is 2. The number of hydrogen-bond acceptors (Lipinski definition) is 3. The van der Waals surface area contributed by atoms with Gasteiger partial charge in [-0.15, -0.1) is 12.4 Å². The average molecular weight is 397 g/mol. The Balaban J connectivity index is 0.00000529. The van der Waals surface area contributed by atoms with Gasteiger partial charge in [0.25, 0.3) is 5.91 Å². The third-order valence-electron chi connectivity index (χ3n) is 3.47. The molecule has 0 bridgehead atoms. The summed E-state index contributed by atoms with van der Waals surface area (Å²) in [6.45, 7) is 4.05. The van der Waals surface area contributed by atoms with Crippen LogP contribution in [0.4, 0.5) is 0 Å². The van der Waals surface area contributed by atoms with Crippen molar-refractivity contribution in [3.63, 3.8) is 0 Å². The van der Waals surface area contributed by atoms with Crippen LogP contribution in [-0.2, 0) is 4.79 Å². The van der Waals surface area contributed by atoms with E-state index in [9.17, 15) is 9.59 Å². The molecule has 24 heavy (non-hydrogen) atoms. The highest BCUT2D eigenvalue weighted by Gasteiger charge is 2.20. The van der Waals surface area contributed by atoms with Crippen molar-refractivity contribution in [2.24, 2.45) is 5.73 Å². The molecule has 1 aromatic rings.